The molecule has 1 aromatic carbocycles. The van der Waals surface area contributed by atoms with Gasteiger partial charge in [0.1, 0.15) is 0 Å². The Morgan fingerprint density at radius 3 is 3.15 bits per heavy atom. The third-order valence-corrected chi connectivity index (χ3v) is 3.04. The average molecular weight is 289 g/mol. The fourth-order valence-corrected chi connectivity index (χ4v) is 2.21. The van der Waals surface area contributed by atoms with E-state index in [0.29, 0.717) is 6.04 Å². The first-order valence-electron chi connectivity index (χ1n) is 4.34. The minimum absolute atomic E-state index is 0.362. The van der Waals surface area contributed by atoms with E-state index in [1.165, 1.54) is 14.7 Å². The van der Waals surface area contributed by atoms with Crippen LogP contribution in [0.4, 0.5) is 0 Å². The van der Waals surface area contributed by atoms with Crippen molar-refractivity contribution in [2.24, 2.45) is 0 Å². The summed E-state index contributed by atoms with van der Waals surface area (Å²) < 4.78 is 6.76. The zero-order chi connectivity index (χ0) is 9.26. The number of hydrogen-bond acceptors (Lipinski definition) is 2. The lowest BCUT2D eigenvalue weighted by Crippen LogP contribution is -2.26. The Hall–Kier alpha value is -0.130. The van der Waals surface area contributed by atoms with Gasteiger partial charge in [-0.15, -0.1) is 0 Å². The largest absolute Gasteiger partial charge is 0.375 e. The van der Waals surface area contributed by atoms with Crippen LogP contribution in [-0.2, 0) is 11.3 Å². The normalized spacial score (nSPS) is 21.2. The molecule has 1 aliphatic heterocycles. The molecule has 3 heteroatoms. The maximum Gasteiger partial charge on any atom is 0.0721 e. The summed E-state index contributed by atoms with van der Waals surface area (Å²) in [6.07, 6.45) is 0. The van der Waals surface area contributed by atoms with Crippen LogP contribution in [0.2, 0.25) is 0 Å². The third-order valence-electron chi connectivity index (χ3n) is 2.37. The first-order valence-corrected chi connectivity index (χ1v) is 5.42. The van der Waals surface area contributed by atoms with Gasteiger partial charge in [-0.3, -0.25) is 0 Å². The van der Waals surface area contributed by atoms with E-state index in [0.717, 1.165) is 13.2 Å². The second-order valence-electron chi connectivity index (χ2n) is 3.20. The highest BCUT2D eigenvalue weighted by Crippen LogP contribution is 2.25. The van der Waals surface area contributed by atoms with Crippen LogP contribution in [0.5, 0.6) is 0 Å². The Bertz CT molecular complexity index is 314. The van der Waals surface area contributed by atoms with Crippen LogP contribution in [-0.4, -0.2) is 13.7 Å². The van der Waals surface area contributed by atoms with E-state index in [1.807, 2.05) is 7.05 Å². The molecule has 13 heavy (non-hydrogen) atoms. The Kier molecular flexibility index (Phi) is 2.86. The SMILES string of the molecule is CN[C@@H]1COCc2cc(I)ccc21. The second kappa shape index (κ2) is 3.94. The summed E-state index contributed by atoms with van der Waals surface area (Å²) in [5, 5.41) is 3.25. The summed E-state index contributed by atoms with van der Waals surface area (Å²) in [5.74, 6) is 0. The minimum atomic E-state index is 0.362. The van der Waals surface area contributed by atoms with E-state index in [2.05, 4.69) is 46.1 Å². The highest BCUT2D eigenvalue weighted by molar-refractivity contribution is 14.1. The van der Waals surface area contributed by atoms with Gasteiger partial charge < -0.3 is 10.1 Å². The topological polar surface area (TPSA) is 21.3 Å². The molecule has 0 aliphatic carbocycles. The molecule has 0 fully saturated rings. The van der Waals surface area contributed by atoms with Gasteiger partial charge in [-0.1, -0.05) is 6.07 Å². The Labute approximate surface area is 91.8 Å². The first kappa shape index (κ1) is 9.43. The summed E-state index contributed by atoms with van der Waals surface area (Å²) in [6.45, 7) is 1.54. The van der Waals surface area contributed by atoms with Crippen molar-refractivity contribution in [1.29, 1.82) is 0 Å². The van der Waals surface area contributed by atoms with Gasteiger partial charge in [0.25, 0.3) is 0 Å². The molecule has 0 bridgehead atoms. The van der Waals surface area contributed by atoms with Gasteiger partial charge in [0.2, 0.25) is 0 Å². The summed E-state index contributed by atoms with van der Waals surface area (Å²) in [5.41, 5.74) is 2.70. The number of likely N-dealkylation sites (N-methyl/N-ethyl adjacent to an activating group) is 1. The smallest absolute Gasteiger partial charge is 0.0721 e. The number of nitrogens with one attached hydrogen (secondary N) is 1. The fraction of sp³-hybridized carbons (Fsp3) is 0.400. The van der Waals surface area contributed by atoms with Crippen LogP contribution in [0, 0.1) is 3.57 Å². The molecule has 70 valence electrons. The summed E-state index contributed by atoms with van der Waals surface area (Å²) in [4.78, 5) is 0. The third kappa shape index (κ3) is 1.87. The van der Waals surface area contributed by atoms with Gasteiger partial charge in [0.15, 0.2) is 0 Å². The van der Waals surface area contributed by atoms with E-state index < -0.39 is 0 Å². The number of hydrogen-bond donors (Lipinski definition) is 1. The molecule has 0 saturated carbocycles. The molecular formula is C10H12INO. The number of rotatable bonds is 1. The van der Waals surface area contributed by atoms with Gasteiger partial charge in [-0.05, 0) is 52.9 Å². The lowest BCUT2D eigenvalue weighted by atomic mass is 9.99. The first-order chi connectivity index (χ1) is 6.31. The molecule has 0 amide bonds. The molecule has 1 aliphatic rings. The zero-order valence-corrected chi connectivity index (χ0v) is 9.67. The lowest BCUT2D eigenvalue weighted by Gasteiger charge is -2.25. The highest BCUT2D eigenvalue weighted by atomic mass is 127. The predicted octanol–water partition coefficient (Wildman–Crippen LogP) is 2.08. The van der Waals surface area contributed by atoms with Gasteiger partial charge in [-0.25, -0.2) is 0 Å². The highest BCUT2D eigenvalue weighted by Gasteiger charge is 2.18. The number of ether oxygens (including phenoxy) is 1. The van der Waals surface area contributed by atoms with Crippen molar-refractivity contribution in [2.75, 3.05) is 13.7 Å². The quantitative estimate of drug-likeness (QED) is 0.799. The minimum Gasteiger partial charge on any atom is -0.375 e. The van der Waals surface area contributed by atoms with E-state index in [9.17, 15) is 0 Å². The molecule has 2 nitrogen and oxygen atoms in total. The fourth-order valence-electron chi connectivity index (χ4n) is 1.65. The standard InChI is InChI=1S/C10H12INO/c1-12-10-6-13-5-7-4-8(11)2-3-9(7)10/h2-4,10,12H,5-6H2,1H3/t10-/m1/s1. The predicted molar refractivity (Wildman–Crippen MR) is 60.6 cm³/mol. The van der Waals surface area contributed by atoms with Crippen molar-refractivity contribution < 1.29 is 4.74 Å². The van der Waals surface area contributed by atoms with Crippen molar-refractivity contribution in [3.05, 3.63) is 32.9 Å². The van der Waals surface area contributed by atoms with E-state index in [1.54, 1.807) is 0 Å². The van der Waals surface area contributed by atoms with Gasteiger partial charge >= 0.3 is 0 Å². The monoisotopic (exact) mass is 289 g/mol. The lowest BCUT2D eigenvalue weighted by molar-refractivity contribution is 0.0844. The van der Waals surface area contributed by atoms with Gasteiger partial charge in [0, 0.05) is 3.57 Å². The molecule has 0 spiro atoms. The Morgan fingerprint density at radius 1 is 1.54 bits per heavy atom. The molecule has 1 N–H and O–H groups in total. The van der Waals surface area contributed by atoms with Crippen molar-refractivity contribution >= 4 is 22.6 Å². The molecule has 0 saturated heterocycles. The summed E-state index contributed by atoms with van der Waals surface area (Å²) >= 11 is 2.33. The molecule has 1 aromatic rings. The maximum atomic E-state index is 5.49. The zero-order valence-electron chi connectivity index (χ0n) is 7.51. The van der Waals surface area contributed by atoms with Crippen LogP contribution in [0.25, 0.3) is 0 Å². The molecule has 0 aromatic heterocycles. The average Bonchev–Trinajstić information content (AvgIpc) is 2.16. The van der Waals surface area contributed by atoms with Crippen LogP contribution in [0.1, 0.15) is 17.2 Å². The van der Waals surface area contributed by atoms with E-state index >= 15 is 0 Å². The number of benzene rings is 1. The van der Waals surface area contributed by atoms with Crippen LogP contribution >= 0.6 is 22.6 Å². The second-order valence-corrected chi connectivity index (χ2v) is 4.45. The van der Waals surface area contributed by atoms with Gasteiger partial charge in [-0.2, -0.15) is 0 Å². The number of halogens is 1. The molecule has 0 unspecified atom stereocenters. The Morgan fingerprint density at radius 2 is 2.38 bits per heavy atom. The van der Waals surface area contributed by atoms with Crippen molar-refractivity contribution in [2.45, 2.75) is 12.6 Å². The molecule has 1 atom stereocenters. The van der Waals surface area contributed by atoms with Crippen molar-refractivity contribution in [1.82, 2.24) is 5.32 Å². The van der Waals surface area contributed by atoms with Gasteiger partial charge in [0.05, 0.1) is 19.3 Å². The maximum absolute atomic E-state index is 5.49. The van der Waals surface area contributed by atoms with Crippen molar-refractivity contribution in [3.63, 3.8) is 0 Å². The van der Waals surface area contributed by atoms with E-state index in [-0.39, 0.29) is 0 Å². The molecule has 2 rings (SSSR count). The molecular weight excluding hydrogens is 277 g/mol. The number of fused-ring (bicyclic) bond motifs is 1. The molecule has 0 radical (unpaired) electrons. The summed E-state index contributed by atoms with van der Waals surface area (Å²) in [7, 11) is 1.97. The van der Waals surface area contributed by atoms with Crippen LogP contribution < -0.4 is 5.32 Å². The van der Waals surface area contributed by atoms with Crippen LogP contribution in [0.3, 0.4) is 0 Å². The van der Waals surface area contributed by atoms with E-state index in [4.69, 9.17) is 4.74 Å². The Balaban J connectivity index is 2.40. The van der Waals surface area contributed by atoms with Crippen molar-refractivity contribution in [3.8, 4) is 0 Å². The summed E-state index contributed by atoms with van der Waals surface area (Å²) in [6, 6.07) is 6.90. The molecule has 1 heterocycles. The van der Waals surface area contributed by atoms with Crippen LogP contribution in [0.15, 0.2) is 18.2 Å².